The Labute approximate surface area is 74.2 Å². The molecule has 1 rings (SSSR count). The van der Waals surface area contributed by atoms with Crippen molar-refractivity contribution in [3.05, 3.63) is 23.5 Å². The van der Waals surface area contributed by atoms with Crippen LogP contribution in [0.4, 0.5) is 0 Å². The number of aliphatic carboxylic acids is 1. The van der Waals surface area contributed by atoms with Gasteiger partial charge in [0.2, 0.25) is 0 Å². The van der Waals surface area contributed by atoms with Crippen LogP contribution in [0.5, 0.6) is 0 Å². The molecule has 0 amide bonds. The van der Waals surface area contributed by atoms with Crippen molar-refractivity contribution in [2.45, 2.75) is 6.42 Å². The fourth-order valence-corrected chi connectivity index (χ4v) is 1.14. The van der Waals surface area contributed by atoms with E-state index in [0.29, 0.717) is 5.56 Å². The normalized spacial score (nSPS) is 9.92. The van der Waals surface area contributed by atoms with Crippen LogP contribution >= 0.6 is 0 Å². The fourth-order valence-electron chi connectivity index (χ4n) is 1.14. The summed E-state index contributed by atoms with van der Waals surface area (Å²) in [5, 5.41) is 17.2. The Morgan fingerprint density at radius 3 is 2.46 bits per heavy atom. The molecule has 0 saturated carbocycles. The molecule has 0 atom stereocenters. The summed E-state index contributed by atoms with van der Waals surface area (Å²) in [6, 6.07) is 0. The summed E-state index contributed by atoms with van der Waals surface area (Å²) in [6.07, 6.45) is 2.63. The smallest absolute Gasteiger partial charge is 0.337 e. The van der Waals surface area contributed by atoms with Gasteiger partial charge in [0.25, 0.3) is 0 Å². The number of aryl methyl sites for hydroxylation is 1. The van der Waals surface area contributed by atoms with E-state index in [4.69, 9.17) is 10.2 Å². The molecule has 0 unspecified atom stereocenters. The zero-order valence-electron chi connectivity index (χ0n) is 7.02. The Hall–Kier alpha value is -1.78. The molecule has 1 aromatic heterocycles. The summed E-state index contributed by atoms with van der Waals surface area (Å²) in [7, 11) is 1.65. The Morgan fingerprint density at radius 1 is 1.38 bits per heavy atom. The third kappa shape index (κ3) is 2.08. The van der Waals surface area contributed by atoms with Crippen molar-refractivity contribution in [1.82, 2.24) is 4.57 Å². The highest BCUT2D eigenvalue weighted by atomic mass is 16.4. The van der Waals surface area contributed by atoms with Gasteiger partial charge in [0.15, 0.2) is 0 Å². The van der Waals surface area contributed by atoms with Crippen molar-refractivity contribution in [3.63, 3.8) is 0 Å². The van der Waals surface area contributed by atoms with Crippen molar-refractivity contribution in [1.29, 1.82) is 0 Å². The van der Waals surface area contributed by atoms with E-state index in [1.54, 1.807) is 7.05 Å². The molecule has 0 aliphatic rings. The number of carboxylic acid groups (broad SMARTS) is 2. The number of aromatic carboxylic acids is 1. The first-order valence-electron chi connectivity index (χ1n) is 3.60. The van der Waals surface area contributed by atoms with E-state index in [1.165, 1.54) is 17.0 Å². The summed E-state index contributed by atoms with van der Waals surface area (Å²) in [5.41, 5.74) is 0.368. The van der Waals surface area contributed by atoms with Gasteiger partial charge in [-0.05, 0) is 5.56 Å². The molecule has 70 valence electrons. The van der Waals surface area contributed by atoms with Gasteiger partial charge in [-0.15, -0.1) is 0 Å². The lowest BCUT2D eigenvalue weighted by Gasteiger charge is -1.93. The van der Waals surface area contributed by atoms with Crippen LogP contribution in [0.2, 0.25) is 0 Å². The Kier molecular flexibility index (Phi) is 2.36. The third-order valence-electron chi connectivity index (χ3n) is 1.61. The average Bonchev–Trinajstić information content (AvgIpc) is 2.29. The van der Waals surface area contributed by atoms with Gasteiger partial charge in [0, 0.05) is 19.4 Å². The van der Waals surface area contributed by atoms with Gasteiger partial charge < -0.3 is 14.8 Å². The minimum Gasteiger partial charge on any atom is -0.481 e. The van der Waals surface area contributed by atoms with E-state index in [-0.39, 0.29) is 12.0 Å². The van der Waals surface area contributed by atoms with Gasteiger partial charge in [-0.2, -0.15) is 0 Å². The topological polar surface area (TPSA) is 79.5 Å². The largest absolute Gasteiger partial charge is 0.481 e. The zero-order valence-corrected chi connectivity index (χ0v) is 7.02. The van der Waals surface area contributed by atoms with Gasteiger partial charge in [0.1, 0.15) is 0 Å². The van der Waals surface area contributed by atoms with E-state index in [0.717, 1.165) is 0 Å². The molecule has 5 nitrogen and oxygen atoms in total. The van der Waals surface area contributed by atoms with Gasteiger partial charge >= 0.3 is 11.9 Å². The lowest BCUT2D eigenvalue weighted by Crippen LogP contribution is -2.04. The number of carboxylic acids is 2. The van der Waals surface area contributed by atoms with Gasteiger partial charge in [-0.25, -0.2) is 4.79 Å². The SMILES string of the molecule is Cn1cc(CC(=O)O)c(C(=O)O)c1. The second-order valence-electron chi connectivity index (χ2n) is 2.74. The molecule has 0 spiro atoms. The van der Waals surface area contributed by atoms with E-state index < -0.39 is 11.9 Å². The van der Waals surface area contributed by atoms with Crippen LogP contribution in [-0.2, 0) is 18.3 Å². The van der Waals surface area contributed by atoms with Crippen LogP contribution in [0, 0.1) is 0 Å². The lowest BCUT2D eigenvalue weighted by atomic mass is 10.1. The van der Waals surface area contributed by atoms with Crippen LogP contribution < -0.4 is 0 Å². The monoisotopic (exact) mass is 183 g/mol. The molecule has 1 heterocycles. The molecule has 0 aliphatic carbocycles. The molecule has 2 N–H and O–H groups in total. The second-order valence-corrected chi connectivity index (χ2v) is 2.74. The number of carbonyl (C=O) groups is 2. The van der Waals surface area contributed by atoms with Crippen molar-refractivity contribution < 1.29 is 19.8 Å². The van der Waals surface area contributed by atoms with Gasteiger partial charge in [0.05, 0.1) is 12.0 Å². The number of nitrogens with zero attached hydrogens (tertiary/aromatic N) is 1. The first-order valence-corrected chi connectivity index (χ1v) is 3.60. The highest BCUT2D eigenvalue weighted by molar-refractivity contribution is 5.90. The minimum absolute atomic E-state index is 0.0462. The van der Waals surface area contributed by atoms with Crippen LogP contribution in [0.3, 0.4) is 0 Å². The summed E-state index contributed by atoms with van der Waals surface area (Å²) in [6.45, 7) is 0. The first kappa shape index (κ1) is 9.31. The van der Waals surface area contributed by atoms with Gasteiger partial charge in [-0.3, -0.25) is 4.79 Å². The molecule has 13 heavy (non-hydrogen) atoms. The third-order valence-corrected chi connectivity index (χ3v) is 1.61. The van der Waals surface area contributed by atoms with E-state index in [9.17, 15) is 9.59 Å². The molecule has 0 fully saturated rings. The van der Waals surface area contributed by atoms with E-state index in [2.05, 4.69) is 0 Å². The van der Waals surface area contributed by atoms with E-state index >= 15 is 0 Å². The zero-order chi connectivity index (χ0) is 10.0. The maximum atomic E-state index is 10.6. The van der Waals surface area contributed by atoms with Crippen LogP contribution in [-0.4, -0.2) is 26.7 Å². The average molecular weight is 183 g/mol. The van der Waals surface area contributed by atoms with Crippen LogP contribution in [0.1, 0.15) is 15.9 Å². The van der Waals surface area contributed by atoms with Crippen molar-refractivity contribution in [3.8, 4) is 0 Å². The highest BCUT2D eigenvalue weighted by Crippen LogP contribution is 2.10. The van der Waals surface area contributed by atoms with Crippen molar-refractivity contribution in [2.75, 3.05) is 0 Å². The quantitative estimate of drug-likeness (QED) is 0.708. The summed E-state index contributed by atoms with van der Waals surface area (Å²) < 4.78 is 1.53. The summed E-state index contributed by atoms with van der Waals surface area (Å²) in [4.78, 5) is 21.0. The Morgan fingerprint density at radius 2 is 2.00 bits per heavy atom. The standard InChI is InChI=1S/C8H9NO4/c1-9-3-5(2-7(10)11)6(4-9)8(12)13/h3-4H,2H2,1H3,(H,10,11)(H,12,13). The molecule has 0 aromatic carbocycles. The Bertz CT molecular complexity index is 353. The minimum atomic E-state index is -1.10. The first-order chi connectivity index (χ1) is 6.00. The molecule has 5 heteroatoms. The molecular weight excluding hydrogens is 174 g/mol. The Balaban J connectivity index is 3.04. The predicted octanol–water partition coefficient (Wildman–Crippen LogP) is 0.350. The van der Waals surface area contributed by atoms with Crippen LogP contribution in [0.15, 0.2) is 12.4 Å². The predicted molar refractivity (Wildman–Crippen MR) is 43.7 cm³/mol. The molecule has 0 aliphatic heterocycles. The van der Waals surface area contributed by atoms with E-state index in [1.807, 2.05) is 0 Å². The second kappa shape index (κ2) is 3.30. The molecule has 1 aromatic rings. The maximum absolute atomic E-state index is 10.6. The molecule has 0 bridgehead atoms. The van der Waals surface area contributed by atoms with Crippen molar-refractivity contribution in [2.24, 2.45) is 7.05 Å². The number of rotatable bonds is 3. The highest BCUT2D eigenvalue weighted by Gasteiger charge is 2.14. The molecular formula is C8H9NO4. The van der Waals surface area contributed by atoms with Crippen LogP contribution in [0.25, 0.3) is 0 Å². The lowest BCUT2D eigenvalue weighted by molar-refractivity contribution is -0.136. The molecule has 0 saturated heterocycles. The molecule has 0 radical (unpaired) electrons. The number of aromatic nitrogens is 1. The summed E-state index contributed by atoms with van der Waals surface area (Å²) >= 11 is 0. The number of hydrogen-bond donors (Lipinski definition) is 2. The maximum Gasteiger partial charge on any atom is 0.337 e. The van der Waals surface area contributed by atoms with Crippen molar-refractivity contribution >= 4 is 11.9 Å². The summed E-state index contributed by atoms with van der Waals surface area (Å²) in [5.74, 6) is -2.13. The number of hydrogen-bond acceptors (Lipinski definition) is 2. The van der Waals surface area contributed by atoms with Gasteiger partial charge in [-0.1, -0.05) is 0 Å². The fraction of sp³-hybridized carbons (Fsp3) is 0.250.